The van der Waals surface area contributed by atoms with E-state index in [0.717, 1.165) is 35.6 Å². The third-order valence-corrected chi connectivity index (χ3v) is 4.54. The fourth-order valence-electron chi connectivity index (χ4n) is 2.59. The number of nitrogens with one attached hydrogen (secondary N) is 1. The molecule has 1 heterocycles. The van der Waals surface area contributed by atoms with Crippen molar-refractivity contribution in [2.75, 3.05) is 6.54 Å². The van der Waals surface area contributed by atoms with Crippen LogP contribution in [0.15, 0.2) is 0 Å². The molecule has 1 aliphatic carbocycles. The first-order valence-electron chi connectivity index (χ1n) is 7.51. The Morgan fingerprint density at radius 1 is 1.32 bits per heavy atom. The predicted octanol–water partition coefficient (Wildman–Crippen LogP) is 3.39. The average Bonchev–Trinajstić information content (AvgIpc) is 2.87. The van der Waals surface area contributed by atoms with E-state index in [1.54, 1.807) is 11.3 Å². The van der Waals surface area contributed by atoms with Gasteiger partial charge in [0.2, 0.25) is 0 Å². The summed E-state index contributed by atoms with van der Waals surface area (Å²) >= 11 is 1.58. The number of hydrogen-bond donors (Lipinski definition) is 1. The molecule has 1 aromatic heterocycles. The van der Waals surface area contributed by atoms with Gasteiger partial charge in [0.25, 0.3) is 5.19 Å². The van der Waals surface area contributed by atoms with E-state index >= 15 is 0 Å². The van der Waals surface area contributed by atoms with E-state index in [-0.39, 0.29) is 0 Å². The fraction of sp³-hybridized carbons (Fsp3) is 0.857. The van der Waals surface area contributed by atoms with E-state index in [9.17, 15) is 0 Å². The van der Waals surface area contributed by atoms with Gasteiger partial charge in [0.05, 0.1) is 0 Å². The first-order chi connectivity index (χ1) is 9.31. The summed E-state index contributed by atoms with van der Waals surface area (Å²) in [5, 5.41) is 13.4. The van der Waals surface area contributed by atoms with Crippen molar-refractivity contribution in [2.45, 2.75) is 65.0 Å². The van der Waals surface area contributed by atoms with Gasteiger partial charge in [-0.1, -0.05) is 43.1 Å². The Morgan fingerprint density at radius 3 is 3.00 bits per heavy atom. The Bertz CT molecular complexity index is 369. The van der Waals surface area contributed by atoms with Crippen molar-refractivity contribution in [2.24, 2.45) is 5.92 Å². The van der Waals surface area contributed by atoms with Gasteiger partial charge in [-0.25, -0.2) is 0 Å². The minimum atomic E-state index is 0.350. The monoisotopic (exact) mass is 283 g/mol. The van der Waals surface area contributed by atoms with Crippen LogP contribution >= 0.6 is 11.3 Å². The van der Waals surface area contributed by atoms with Crippen molar-refractivity contribution in [3.63, 3.8) is 0 Å². The van der Waals surface area contributed by atoms with Crippen LogP contribution in [0.3, 0.4) is 0 Å². The second-order valence-electron chi connectivity index (χ2n) is 5.32. The van der Waals surface area contributed by atoms with Crippen LogP contribution in [0, 0.1) is 5.92 Å². The normalized spacial score (nSPS) is 23.5. The van der Waals surface area contributed by atoms with E-state index in [4.69, 9.17) is 4.74 Å². The molecular weight excluding hydrogens is 258 g/mol. The van der Waals surface area contributed by atoms with Gasteiger partial charge in [-0.3, -0.25) is 0 Å². The SMILES string of the molecule is CCCNCc1nnc(OC2CCCC(CC)C2)s1. The van der Waals surface area contributed by atoms with E-state index < -0.39 is 0 Å². The van der Waals surface area contributed by atoms with Crippen LogP contribution in [0.2, 0.25) is 0 Å². The third kappa shape index (κ3) is 4.73. The molecule has 1 N–H and O–H groups in total. The van der Waals surface area contributed by atoms with E-state index in [1.807, 2.05) is 0 Å². The molecule has 0 amide bonds. The molecule has 0 aromatic carbocycles. The highest BCUT2D eigenvalue weighted by Crippen LogP contribution is 2.30. The van der Waals surface area contributed by atoms with E-state index in [1.165, 1.54) is 32.1 Å². The summed E-state index contributed by atoms with van der Waals surface area (Å²) < 4.78 is 5.99. The molecule has 0 radical (unpaired) electrons. The summed E-state index contributed by atoms with van der Waals surface area (Å²) in [5.74, 6) is 0.831. The van der Waals surface area contributed by atoms with E-state index in [2.05, 4.69) is 29.4 Å². The smallest absolute Gasteiger partial charge is 0.294 e. The topological polar surface area (TPSA) is 47.0 Å². The van der Waals surface area contributed by atoms with Crippen molar-refractivity contribution in [1.82, 2.24) is 15.5 Å². The second kappa shape index (κ2) is 7.80. The van der Waals surface area contributed by atoms with Crippen molar-refractivity contribution >= 4 is 11.3 Å². The van der Waals surface area contributed by atoms with Crippen LogP contribution in [0.25, 0.3) is 0 Å². The number of hydrogen-bond acceptors (Lipinski definition) is 5. The molecule has 1 saturated carbocycles. The number of rotatable bonds is 7. The van der Waals surface area contributed by atoms with Gasteiger partial charge in [-0.2, -0.15) is 0 Å². The van der Waals surface area contributed by atoms with Gasteiger partial charge >= 0.3 is 0 Å². The standard InChI is InChI=1S/C14H25N3OS/c1-3-8-15-10-13-16-17-14(19-13)18-12-7-5-6-11(4-2)9-12/h11-12,15H,3-10H2,1-2H3. The lowest BCUT2D eigenvalue weighted by atomic mass is 9.86. The molecule has 1 fully saturated rings. The molecule has 1 aromatic rings. The molecule has 19 heavy (non-hydrogen) atoms. The molecule has 5 heteroatoms. The highest BCUT2D eigenvalue weighted by Gasteiger charge is 2.23. The first kappa shape index (κ1) is 14.7. The molecule has 0 bridgehead atoms. The molecule has 0 saturated heterocycles. The molecule has 4 nitrogen and oxygen atoms in total. The summed E-state index contributed by atoms with van der Waals surface area (Å²) in [6, 6.07) is 0. The van der Waals surface area contributed by atoms with Crippen LogP contribution in [-0.4, -0.2) is 22.8 Å². The lowest BCUT2D eigenvalue weighted by Crippen LogP contribution is -2.25. The van der Waals surface area contributed by atoms with Crippen LogP contribution in [-0.2, 0) is 6.54 Å². The van der Waals surface area contributed by atoms with Crippen molar-refractivity contribution in [1.29, 1.82) is 0 Å². The average molecular weight is 283 g/mol. The zero-order valence-electron chi connectivity index (χ0n) is 12.0. The second-order valence-corrected chi connectivity index (χ2v) is 6.34. The Morgan fingerprint density at radius 2 is 2.21 bits per heavy atom. The summed E-state index contributed by atoms with van der Waals surface area (Å²) in [4.78, 5) is 0. The van der Waals surface area contributed by atoms with Crippen LogP contribution in [0.5, 0.6) is 5.19 Å². The highest BCUT2D eigenvalue weighted by atomic mass is 32.1. The largest absolute Gasteiger partial charge is 0.466 e. The number of ether oxygens (including phenoxy) is 1. The number of aromatic nitrogens is 2. The number of nitrogens with zero attached hydrogens (tertiary/aromatic N) is 2. The molecule has 2 rings (SSSR count). The maximum Gasteiger partial charge on any atom is 0.294 e. The molecule has 2 unspecified atom stereocenters. The third-order valence-electron chi connectivity index (χ3n) is 3.73. The maximum atomic E-state index is 5.99. The Kier molecular flexibility index (Phi) is 6.04. The van der Waals surface area contributed by atoms with Gasteiger partial charge in [0.1, 0.15) is 11.1 Å². The minimum absolute atomic E-state index is 0.350. The van der Waals surface area contributed by atoms with E-state index in [0.29, 0.717) is 6.10 Å². The molecule has 1 aliphatic rings. The first-order valence-corrected chi connectivity index (χ1v) is 8.33. The summed E-state index contributed by atoms with van der Waals surface area (Å²) in [6.45, 7) is 6.26. The summed E-state index contributed by atoms with van der Waals surface area (Å²) in [6.07, 6.45) is 7.75. The lowest BCUT2D eigenvalue weighted by Gasteiger charge is -2.27. The van der Waals surface area contributed by atoms with Crippen molar-refractivity contribution in [3.8, 4) is 5.19 Å². The molecule has 108 valence electrons. The quantitative estimate of drug-likeness (QED) is 0.779. The maximum absolute atomic E-state index is 5.99. The molecule has 0 spiro atoms. The Hall–Kier alpha value is -0.680. The minimum Gasteiger partial charge on any atom is -0.466 e. The zero-order valence-corrected chi connectivity index (χ0v) is 12.8. The molecule has 2 atom stereocenters. The lowest BCUT2D eigenvalue weighted by molar-refractivity contribution is 0.121. The van der Waals surface area contributed by atoms with Gasteiger partial charge in [0, 0.05) is 6.54 Å². The van der Waals surface area contributed by atoms with Crippen molar-refractivity contribution < 1.29 is 4.74 Å². The van der Waals surface area contributed by atoms with Gasteiger partial charge < -0.3 is 10.1 Å². The summed E-state index contributed by atoms with van der Waals surface area (Å²) in [5.41, 5.74) is 0. The van der Waals surface area contributed by atoms with Gasteiger partial charge in [-0.15, -0.1) is 5.10 Å². The van der Waals surface area contributed by atoms with Crippen LogP contribution in [0.1, 0.15) is 57.4 Å². The van der Waals surface area contributed by atoms with Crippen LogP contribution < -0.4 is 10.1 Å². The van der Waals surface area contributed by atoms with Crippen molar-refractivity contribution in [3.05, 3.63) is 5.01 Å². The highest BCUT2D eigenvalue weighted by molar-refractivity contribution is 7.13. The Balaban J connectivity index is 1.78. The van der Waals surface area contributed by atoms with Gasteiger partial charge in [0.15, 0.2) is 0 Å². The molecule has 0 aliphatic heterocycles. The van der Waals surface area contributed by atoms with Crippen LogP contribution in [0.4, 0.5) is 0 Å². The molecular formula is C14H25N3OS. The predicted molar refractivity (Wildman–Crippen MR) is 78.6 cm³/mol. The van der Waals surface area contributed by atoms with Gasteiger partial charge in [-0.05, 0) is 38.1 Å². The fourth-order valence-corrected chi connectivity index (χ4v) is 3.31. The Labute approximate surface area is 120 Å². The summed E-state index contributed by atoms with van der Waals surface area (Å²) in [7, 11) is 0. The zero-order chi connectivity index (χ0) is 13.5.